The van der Waals surface area contributed by atoms with Gasteiger partial charge in [0.05, 0.1) is 6.20 Å². The zero-order chi connectivity index (χ0) is 17.7. The van der Waals surface area contributed by atoms with Gasteiger partial charge in [-0.05, 0) is 25.4 Å². The van der Waals surface area contributed by atoms with E-state index in [4.69, 9.17) is 11.6 Å². The summed E-state index contributed by atoms with van der Waals surface area (Å²) in [5, 5.41) is -0.886. The molecule has 0 bridgehead atoms. The summed E-state index contributed by atoms with van der Waals surface area (Å²) >= 11 is 5.29. The minimum atomic E-state index is -0.886. The Bertz CT molecular complexity index is 957. The summed E-state index contributed by atoms with van der Waals surface area (Å²) in [5.41, 5.74) is -1.29. The lowest BCUT2D eigenvalue weighted by Gasteiger charge is -1.95. The minimum Gasteiger partial charge on any atom is -0.300 e. The fourth-order valence-electron chi connectivity index (χ4n) is 1.70. The Morgan fingerprint density at radius 2 is 1.61 bits per heavy atom. The average molecular weight is 339 g/mol. The van der Waals surface area contributed by atoms with Crippen LogP contribution in [0.2, 0.25) is 0 Å². The van der Waals surface area contributed by atoms with Crippen LogP contribution in [0.1, 0.15) is 38.2 Å². The van der Waals surface area contributed by atoms with Crippen molar-refractivity contribution in [1.29, 1.82) is 0 Å². The smallest absolute Gasteiger partial charge is 0.283 e. The first-order valence-corrected chi connectivity index (χ1v) is 7.08. The zero-order valence-electron chi connectivity index (χ0n) is 13.0. The molecular weight excluding hydrogens is 324 g/mol. The lowest BCUT2D eigenvalue weighted by Crippen LogP contribution is -2.25. The van der Waals surface area contributed by atoms with E-state index in [9.17, 15) is 19.2 Å². The van der Waals surface area contributed by atoms with Gasteiger partial charge in [-0.1, -0.05) is 13.8 Å². The Kier molecular flexibility index (Phi) is 6.09. The molecule has 0 amide bonds. The number of hydrogen-bond acceptors (Lipinski definition) is 6. The lowest BCUT2D eigenvalue weighted by molar-refractivity contribution is -0.114. The van der Waals surface area contributed by atoms with E-state index < -0.39 is 16.4 Å². The van der Waals surface area contributed by atoms with Crippen LogP contribution in [0, 0.1) is 0 Å². The Morgan fingerprint density at radius 3 is 2.13 bits per heavy atom. The van der Waals surface area contributed by atoms with Crippen molar-refractivity contribution in [2.24, 2.45) is 0 Å². The number of fused-ring (bicyclic) bond motifs is 2. The van der Waals surface area contributed by atoms with Crippen LogP contribution in [0.25, 0.3) is 11.0 Å². The Hall–Kier alpha value is -2.61. The number of carbonyl (C=O) groups excluding carboxylic acids is 2. The molecule has 0 aromatic carbocycles. The van der Waals surface area contributed by atoms with Crippen LogP contribution in [-0.2, 0) is 4.79 Å². The molecule has 0 saturated carbocycles. The van der Waals surface area contributed by atoms with Crippen LogP contribution in [0.3, 0.4) is 0 Å². The van der Waals surface area contributed by atoms with Crippen LogP contribution in [0.15, 0.2) is 28.4 Å². The second-order valence-corrected chi connectivity index (χ2v) is 4.60. The topological polar surface area (TPSA) is 103 Å². The van der Waals surface area contributed by atoms with Gasteiger partial charge in [-0.3, -0.25) is 23.2 Å². The van der Waals surface area contributed by atoms with Gasteiger partial charge in [-0.2, -0.15) is 0 Å². The second-order valence-electron chi connectivity index (χ2n) is 4.25. The molecule has 0 saturated heterocycles. The summed E-state index contributed by atoms with van der Waals surface area (Å²) in [7, 11) is 0. The fourth-order valence-corrected chi connectivity index (χ4v) is 1.84. The van der Waals surface area contributed by atoms with E-state index in [0.29, 0.717) is 0 Å². The standard InChI is InChI=1S/C9H3ClN4O3.C3H6O.C2H6/c10-7(15)5-6-9(17)13-2-11-1-4(13)8(16)14(6)3-12-5;1-3(2)4;1-2/h1-3H;1-2H3;1-2H3. The molecule has 0 aliphatic carbocycles. The molecule has 0 atom stereocenters. The molecule has 9 heteroatoms. The average Bonchev–Trinajstić information content (AvgIpc) is 3.13. The van der Waals surface area contributed by atoms with Crippen molar-refractivity contribution < 1.29 is 9.59 Å². The maximum absolute atomic E-state index is 12.0. The van der Waals surface area contributed by atoms with Crippen molar-refractivity contribution in [3.8, 4) is 0 Å². The van der Waals surface area contributed by atoms with Crippen LogP contribution >= 0.6 is 11.6 Å². The van der Waals surface area contributed by atoms with Gasteiger partial charge in [-0.25, -0.2) is 9.97 Å². The minimum absolute atomic E-state index is 0.119. The van der Waals surface area contributed by atoms with Crippen LogP contribution in [0.4, 0.5) is 0 Å². The molecule has 0 aliphatic rings. The monoisotopic (exact) mass is 338 g/mol. The largest absolute Gasteiger partial charge is 0.300 e. The third-order valence-electron chi connectivity index (χ3n) is 2.45. The summed E-state index contributed by atoms with van der Waals surface area (Å²) in [5.74, 6) is 0.167. The molecule has 0 fully saturated rings. The van der Waals surface area contributed by atoms with E-state index in [1.807, 2.05) is 13.8 Å². The normalized spacial score (nSPS) is 9.78. The van der Waals surface area contributed by atoms with Gasteiger partial charge in [0.2, 0.25) is 0 Å². The van der Waals surface area contributed by atoms with Gasteiger partial charge in [0.15, 0.2) is 5.69 Å². The molecule has 23 heavy (non-hydrogen) atoms. The van der Waals surface area contributed by atoms with E-state index in [0.717, 1.165) is 15.1 Å². The van der Waals surface area contributed by atoms with Gasteiger partial charge in [-0.15, -0.1) is 0 Å². The maximum atomic E-state index is 12.0. The SMILES string of the molecule is CC.CC(C)=O.O=C(Cl)c1ncn2c(=O)c3cncn3c(=O)c12. The molecule has 0 N–H and O–H groups in total. The highest BCUT2D eigenvalue weighted by Crippen LogP contribution is 2.06. The van der Waals surface area contributed by atoms with Crippen LogP contribution in [-0.4, -0.2) is 29.8 Å². The zero-order valence-corrected chi connectivity index (χ0v) is 13.8. The predicted molar refractivity (Wildman–Crippen MR) is 85.6 cm³/mol. The first-order valence-electron chi connectivity index (χ1n) is 6.70. The van der Waals surface area contributed by atoms with E-state index in [1.165, 1.54) is 26.4 Å². The molecule has 3 rings (SSSR count). The van der Waals surface area contributed by atoms with Crippen molar-refractivity contribution in [1.82, 2.24) is 18.8 Å². The fraction of sp³-hybridized carbons (Fsp3) is 0.286. The quantitative estimate of drug-likeness (QED) is 0.616. The summed E-state index contributed by atoms with van der Waals surface area (Å²) in [6.07, 6.45) is 3.57. The van der Waals surface area contributed by atoms with Crippen LogP contribution < -0.4 is 11.1 Å². The third-order valence-corrected chi connectivity index (χ3v) is 2.63. The number of aromatic nitrogens is 4. The van der Waals surface area contributed by atoms with Gasteiger partial charge in [0, 0.05) is 0 Å². The first kappa shape index (κ1) is 18.4. The van der Waals surface area contributed by atoms with Crippen molar-refractivity contribution in [2.45, 2.75) is 27.7 Å². The van der Waals surface area contributed by atoms with Gasteiger partial charge < -0.3 is 4.79 Å². The van der Waals surface area contributed by atoms with E-state index in [2.05, 4.69) is 9.97 Å². The van der Waals surface area contributed by atoms with Crippen molar-refractivity contribution in [2.75, 3.05) is 0 Å². The number of rotatable bonds is 1. The van der Waals surface area contributed by atoms with E-state index in [1.54, 1.807) is 0 Å². The van der Waals surface area contributed by atoms with Gasteiger partial charge >= 0.3 is 0 Å². The number of Topliss-reactive ketones (excluding diaryl/α,β-unsaturated/α-hetero) is 1. The number of halogens is 1. The van der Waals surface area contributed by atoms with Crippen molar-refractivity contribution in [3.63, 3.8) is 0 Å². The highest BCUT2D eigenvalue weighted by Gasteiger charge is 2.18. The predicted octanol–water partition coefficient (Wildman–Crippen LogP) is 1.14. The maximum Gasteiger partial charge on any atom is 0.283 e. The number of imidazole rings is 2. The summed E-state index contributed by atoms with van der Waals surface area (Å²) in [4.78, 5) is 51.8. The molecule has 3 aromatic heterocycles. The molecule has 0 unspecified atom stereocenters. The summed E-state index contributed by atoms with van der Waals surface area (Å²) in [6, 6.07) is 0. The second kappa shape index (κ2) is 7.59. The van der Waals surface area contributed by atoms with E-state index >= 15 is 0 Å². The van der Waals surface area contributed by atoms with E-state index in [-0.39, 0.29) is 22.5 Å². The molecule has 0 spiro atoms. The first-order chi connectivity index (χ1) is 10.8. The molecule has 8 nitrogen and oxygen atoms in total. The van der Waals surface area contributed by atoms with Crippen LogP contribution in [0.5, 0.6) is 0 Å². The lowest BCUT2D eigenvalue weighted by atomic mass is 10.4. The van der Waals surface area contributed by atoms with Gasteiger partial charge in [0.25, 0.3) is 16.4 Å². The summed E-state index contributed by atoms with van der Waals surface area (Å²) < 4.78 is 2.05. The molecule has 3 aromatic rings. The van der Waals surface area contributed by atoms with Crippen molar-refractivity contribution >= 4 is 33.7 Å². The number of hydrogen-bond donors (Lipinski definition) is 0. The molecule has 122 valence electrons. The number of nitrogens with zero attached hydrogens (tertiary/aromatic N) is 4. The van der Waals surface area contributed by atoms with Crippen molar-refractivity contribution in [3.05, 3.63) is 45.3 Å². The Morgan fingerprint density at radius 1 is 1.04 bits per heavy atom. The highest BCUT2D eigenvalue weighted by molar-refractivity contribution is 6.68. The number of ketones is 1. The molecule has 0 radical (unpaired) electrons. The molecular formula is C14H15ClN4O4. The Labute approximate surface area is 135 Å². The molecule has 3 heterocycles. The third kappa shape index (κ3) is 3.59. The number of carbonyl (C=O) groups is 2. The molecule has 0 aliphatic heterocycles. The Balaban J connectivity index is 0.000000388. The van der Waals surface area contributed by atoms with Gasteiger partial charge in [0.1, 0.15) is 29.5 Å². The highest BCUT2D eigenvalue weighted by atomic mass is 35.5. The summed E-state index contributed by atoms with van der Waals surface area (Å²) in [6.45, 7) is 7.06.